The van der Waals surface area contributed by atoms with Crippen molar-refractivity contribution in [3.63, 3.8) is 0 Å². The molecular formula is C21H38O2. The summed E-state index contributed by atoms with van der Waals surface area (Å²) in [5.41, 5.74) is 0. The number of carbonyl (C=O) groups is 1. The van der Waals surface area contributed by atoms with E-state index in [2.05, 4.69) is 12.2 Å². The van der Waals surface area contributed by atoms with Gasteiger partial charge in [0.05, 0.1) is 0 Å². The molecule has 0 heterocycles. The molecule has 1 aliphatic carbocycles. The molecule has 0 fully saturated rings. The normalized spacial score (nSPS) is 25.6. The molecule has 1 unspecified atom stereocenters. The number of aliphatic hydroxyl groups excluding tert-OH is 1. The van der Waals surface area contributed by atoms with Crippen LogP contribution in [-0.4, -0.2) is 17.0 Å². The quantitative estimate of drug-likeness (QED) is 0.546. The van der Waals surface area contributed by atoms with E-state index in [0.717, 1.165) is 25.7 Å². The largest absolute Gasteiger partial charge is 0.385 e. The molecule has 0 spiro atoms. The molecular weight excluding hydrogens is 284 g/mol. The highest BCUT2D eigenvalue weighted by Gasteiger charge is 2.13. The van der Waals surface area contributed by atoms with Gasteiger partial charge in [0, 0.05) is 6.42 Å². The van der Waals surface area contributed by atoms with Crippen LogP contribution in [0.2, 0.25) is 0 Å². The van der Waals surface area contributed by atoms with Crippen molar-refractivity contribution in [1.29, 1.82) is 0 Å². The van der Waals surface area contributed by atoms with Gasteiger partial charge in [-0.2, -0.15) is 0 Å². The van der Waals surface area contributed by atoms with Crippen molar-refractivity contribution in [2.45, 2.75) is 115 Å². The molecule has 0 aliphatic heterocycles. The summed E-state index contributed by atoms with van der Waals surface area (Å²) in [5.74, 6) is 0.0704. The van der Waals surface area contributed by atoms with Crippen LogP contribution in [0, 0.1) is 0 Å². The van der Waals surface area contributed by atoms with Crippen LogP contribution in [0.1, 0.15) is 109 Å². The van der Waals surface area contributed by atoms with E-state index >= 15 is 0 Å². The number of rotatable bonds is 0. The summed E-state index contributed by atoms with van der Waals surface area (Å²) in [5, 5.41) is 9.91. The first-order valence-corrected chi connectivity index (χ1v) is 10.2. The van der Waals surface area contributed by atoms with Gasteiger partial charge in [0.15, 0.2) is 5.78 Å². The van der Waals surface area contributed by atoms with Gasteiger partial charge in [0.1, 0.15) is 6.10 Å². The Morgan fingerprint density at radius 1 is 0.652 bits per heavy atom. The SMILES string of the molecule is O=C1CCCCCCCCCCC=CCCCCCCCC1O. The van der Waals surface area contributed by atoms with Gasteiger partial charge < -0.3 is 5.11 Å². The average Bonchev–Trinajstić information content (AvgIpc) is 2.55. The fraction of sp³-hybridized carbons (Fsp3) is 0.857. The smallest absolute Gasteiger partial charge is 0.161 e. The summed E-state index contributed by atoms with van der Waals surface area (Å²) >= 11 is 0. The van der Waals surface area contributed by atoms with Crippen LogP contribution in [0.25, 0.3) is 0 Å². The molecule has 0 radical (unpaired) electrons. The zero-order chi connectivity index (χ0) is 16.6. The van der Waals surface area contributed by atoms with Gasteiger partial charge in [0.2, 0.25) is 0 Å². The molecule has 0 aromatic carbocycles. The Kier molecular flexibility index (Phi) is 13.3. The Bertz CT molecular complexity index is 309. The fourth-order valence-electron chi connectivity index (χ4n) is 3.32. The van der Waals surface area contributed by atoms with Crippen LogP contribution in [0.5, 0.6) is 0 Å². The fourth-order valence-corrected chi connectivity index (χ4v) is 3.32. The third-order valence-corrected chi connectivity index (χ3v) is 4.93. The second kappa shape index (κ2) is 14.9. The average molecular weight is 323 g/mol. The van der Waals surface area contributed by atoms with Crippen molar-refractivity contribution >= 4 is 5.78 Å². The number of aliphatic hydroxyl groups is 1. The van der Waals surface area contributed by atoms with E-state index in [9.17, 15) is 9.90 Å². The van der Waals surface area contributed by atoms with Crippen LogP contribution >= 0.6 is 0 Å². The van der Waals surface area contributed by atoms with Gasteiger partial charge in [0.25, 0.3) is 0 Å². The lowest BCUT2D eigenvalue weighted by molar-refractivity contribution is -0.127. The van der Waals surface area contributed by atoms with Crippen LogP contribution in [0.4, 0.5) is 0 Å². The molecule has 134 valence electrons. The summed E-state index contributed by atoms with van der Waals surface area (Å²) in [6, 6.07) is 0. The first-order chi connectivity index (χ1) is 11.3. The van der Waals surface area contributed by atoms with E-state index in [1.807, 2.05) is 0 Å². The van der Waals surface area contributed by atoms with Gasteiger partial charge in [-0.05, 0) is 38.5 Å². The van der Waals surface area contributed by atoms with Crippen molar-refractivity contribution in [1.82, 2.24) is 0 Å². The summed E-state index contributed by atoms with van der Waals surface area (Å²) in [7, 11) is 0. The van der Waals surface area contributed by atoms with E-state index < -0.39 is 6.10 Å². The van der Waals surface area contributed by atoms with Gasteiger partial charge in [-0.1, -0.05) is 76.4 Å². The molecule has 0 aromatic heterocycles. The Morgan fingerprint density at radius 3 is 1.65 bits per heavy atom. The lowest BCUT2D eigenvalue weighted by atomic mass is 10.0. The number of carbonyl (C=O) groups excluding carboxylic acids is 1. The number of allylic oxidation sites excluding steroid dienone is 2. The summed E-state index contributed by atoms with van der Waals surface area (Å²) in [6.07, 6.45) is 23.6. The van der Waals surface area contributed by atoms with Gasteiger partial charge in [-0.15, -0.1) is 0 Å². The summed E-state index contributed by atoms with van der Waals surface area (Å²) in [4.78, 5) is 11.9. The van der Waals surface area contributed by atoms with Crippen molar-refractivity contribution in [3.8, 4) is 0 Å². The van der Waals surface area contributed by atoms with E-state index in [-0.39, 0.29) is 5.78 Å². The monoisotopic (exact) mass is 322 g/mol. The van der Waals surface area contributed by atoms with E-state index in [4.69, 9.17) is 0 Å². The van der Waals surface area contributed by atoms with E-state index in [1.165, 1.54) is 70.6 Å². The topological polar surface area (TPSA) is 37.3 Å². The zero-order valence-corrected chi connectivity index (χ0v) is 15.1. The number of Topliss-reactive ketones (excluding diaryl/α,β-unsaturated/α-hetero) is 1. The second-order valence-electron chi connectivity index (χ2n) is 7.17. The number of hydrogen-bond donors (Lipinski definition) is 1. The molecule has 1 aliphatic rings. The first-order valence-electron chi connectivity index (χ1n) is 10.2. The van der Waals surface area contributed by atoms with Crippen LogP contribution in [-0.2, 0) is 4.79 Å². The minimum absolute atomic E-state index is 0.0704. The molecule has 1 N–H and O–H groups in total. The first kappa shape index (κ1) is 20.4. The van der Waals surface area contributed by atoms with E-state index in [0.29, 0.717) is 12.8 Å². The molecule has 1 rings (SSSR count). The van der Waals surface area contributed by atoms with E-state index in [1.54, 1.807) is 0 Å². The standard InChI is InChI=1S/C21H38O2/c22-20-18-16-14-12-10-8-6-4-2-1-3-5-7-9-11-13-15-17-19-21(20)23/h2,4,20,22H,1,3,5-19H2. The molecule has 23 heavy (non-hydrogen) atoms. The highest BCUT2D eigenvalue weighted by atomic mass is 16.3. The predicted molar refractivity (Wildman–Crippen MR) is 98.6 cm³/mol. The maximum atomic E-state index is 11.9. The Morgan fingerprint density at radius 2 is 1.09 bits per heavy atom. The zero-order valence-electron chi connectivity index (χ0n) is 15.1. The molecule has 0 amide bonds. The van der Waals surface area contributed by atoms with Gasteiger partial charge in [-0.25, -0.2) is 0 Å². The lowest BCUT2D eigenvalue weighted by Crippen LogP contribution is -2.19. The van der Waals surface area contributed by atoms with Crippen molar-refractivity contribution < 1.29 is 9.90 Å². The Hall–Kier alpha value is -0.630. The third-order valence-electron chi connectivity index (χ3n) is 4.93. The maximum Gasteiger partial charge on any atom is 0.161 e. The lowest BCUT2D eigenvalue weighted by Gasteiger charge is -2.09. The number of ketones is 1. The van der Waals surface area contributed by atoms with Crippen LogP contribution in [0.3, 0.4) is 0 Å². The van der Waals surface area contributed by atoms with Crippen LogP contribution in [0.15, 0.2) is 12.2 Å². The van der Waals surface area contributed by atoms with Crippen molar-refractivity contribution in [3.05, 3.63) is 12.2 Å². The molecule has 2 nitrogen and oxygen atoms in total. The summed E-state index contributed by atoms with van der Waals surface area (Å²) in [6.45, 7) is 0. The summed E-state index contributed by atoms with van der Waals surface area (Å²) < 4.78 is 0. The molecule has 0 saturated heterocycles. The van der Waals surface area contributed by atoms with Gasteiger partial charge in [-0.3, -0.25) is 4.79 Å². The van der Waals surface area contributed by atoms with Crippen molar-refractivity contribution in [2.24, 2.45) is 0 Å². The minimum Gasteiger partial charge on any atom is -0.385 e. The third kappa shape index (κ3) is 12.5. The predicted octanol–water partition coefficient (Wildman–Crippen LogP) is 6.12. The van der Waals surface area contributed by atoms with Gasteiger partial charge >= 0.3 is 0 Å². The molecule has 0 aromatic rings. The van der Waals surface area contributed by atoms with Crippen LogP contribution < -0.4 is 0 Å². The van der Waals surface area contributed by atoms with Crippen molar-refractivity contribution in [2.75, 3.05) is 0 Å². The Balaban J connectivity index is 2.22. The molecule has 0 bridgehead atoms. The maximum absolute atomic E-state index is 11.9. The highest BCUT2D eigenvalue weighted by molar-refractivity contribution is 5.82. The molecule has 2 heteroatoms. The Labute approximate surface area is 143 Å². The minimum atomic E-state index is -0.702. The number of hydrogen-bond acceptors (Lipinski definition) is 2. The second-order valence-corrected chi connectivity index (χ2v) is 7.17. The highest BCUT2D eigenvalue weighted by Crippen LogP contribution is 2.14. The molecule has 0 saturated carbocycles. The molecule has 1 atom stereocenters.